The maximum absolute atomic E-state index is 13.6. The van der Waals surface area contributed by atoms with Crippen LogP contribution < -0.4 is 9.32 Å². The second kappa shape index (κ2) is 23.3. The van der Waals surface area contributed by atoms with Crippen LogP contribution in [0.25, 0.3) is 0 Å². The predicted octanol–water partition coefficient (Wildman–Crippen LogP) is 13.0. The average Bonchev–Trinajstić information content (AvgIpc) is 3.82. The summed E-state index contributed by atoms with van der Waals surface area (Å²) in [5.41, 5.74) is 6.13. The van der Waals surface area contributed by atoms with Gasteiger partial charge in [0.15, 0.2) is 0 Å². The Balaban J connectivity index is 0.000000220. The van der Waals surface area contributed by atoms with Crippen molar-refractivity contribution < 1.29 is 53.8 Å². The third-order valence-corrected chi connectivity index (χ3v) is 20.5. The van der Waals surface area contributed by atoms with Crippen LogP contribution in [0.4, 0.5) is 22.0 Å². The zero-order valence-electron chi connectivity index (χ0n) is 44.0. The number of amides is 1. The van der Waals surface area contributed by atoms with Crippen molar-refractivity contribution in [1.29, 1.82) is 0 Å². The van der Waals surface area contributed by atoms with E-state index in [9.17, 15) is 49.6 Å². The summed E-state index contributed by atoms with van der Waals surface area (Å²) in [6, 6.07) is 11.8. The lowest BCUT2D eigenvalue weighted by Gasteiger charge is -2.53. The van der Waals surface area contributed by atoms with Crippen molar-refractivity contribution in [2.45, 2.75) is 212 Å². The second-order valence-corrected chi connectivity index (χ2v) is 26.6. The molecule has 410 valence electrons. The Labute approximate surface area is 434 Å². The zero-order valence-corrected chi connectivity index (χ0v) is 45.7. The summed E-state index contributed by atoms with van der Waals surface area (Å²) in [7, 11) is -5.38. The number of carbonyl (C=O) groups is 1. The number of phenolic OH excluding ortho intramolecular Hbond substituents is 1. The lowest BCUT2D eigenvalue weighted by molar-refractivity contribution is -0.284. The molecule has 0 radical (unpaired) electrons. The van der Waals surface area contributed by atoms with E-state index in [4.69, 9.17) is 9.32 Å². The van der Waals surface area contributed by atoms with Crippen LogP contribution in [0.1, 0.15) is 191 Å². The maximum Gasteiger partial charge on any atom is 0.453 e. The summed E-state index contributed by atoms with van der Waals surface area (Å²) in [4.78, 5) is 15.6. The lowest BCUT2D eigenvalue weighted by atomic mass is 9.52. The van der Waals surface area contributed by atoms with Gasteiger partial charge < -0.3 is 19.3 Å². The minimum atomic E-state index is -5.54. The Morgan fingerprint density at radius 3 is 2.12 bits per heavy atom. The van der Waals surface area contributed by atoms with E-state index in [0.717, 1.165) is 120 Å². The molecule has 4 N–H and O–H groups in total. The summed E-state index contributed by atoms with van der Waals surface area (Å²) >= 11 is 0. The Kier molecular flexibility index (Phi) is 18.4. The molecule has 0 aliphatic heterocycles. The number of halogens is 5. The van der Waals surface area contributed by atoms with Crippen molar-refractivity contribution in [2.24, 2.45) is 45.6 Å². The molecule has 0 spiro atoms. The fourth-order valence-corrected chi connectivity index (χ4v) is 16.7. The molecule has 8 rings (SSSR count). The van der Waals surface area contributed by atoms with Gasteiger partial charge in [-0.05, 0) is 205 Å². The van der Waals surface area contributed by atoms with Gasteiger partial charge in [0.1, 0.15) is 11.5 Å². The number of fused-ring (bicyclic) bond motifs is 10. The average molecular weight is 1070 g/mol. The van der Waals surface area contributed by atoms with E-state index in [-0.39, 0.29) is 46.4 Å². The molecule has 2 aromatic rings. The van der Waals surface area contributed by atoms with Gasteiger partial charge in [0.2, 0.25) is 5.91 Å². The monoisotopic (exact) mass is 1070 g/mol. The Morgan fingerprint density at radius 2 is 1.45 bits per heavy atom. The summed E-state index contributed by atoms with van der Waals surface area (Å²) in [6.07, 6.45) is 13.1. The summed E-state index contributed by atoms with van der Waals surface area (Å²) in [6.45, 7) is 13.0. The van der Waals surface area contributed by atoms with Gasteiger partial charge in [0.05, 0.1) is 6.10 Å². The van der Waals surface area contributed by atoms with Crippen molar-refractivity contribution in [3.8, 4) is 11.5 Å². The maximum atomic E-state index is 13.6. The van der Waals surface area contributed by atoms with Crippen LogP contribution in [0.15, 0.2) is 48.0 Å². The summed E-state index contributed by atoms with van der Waals surface area (Å²) in [5, 5.41) is 26.0. The van der Waals surface area contributed by atoms with Crippen LogP contribution in [0.5, 0.6) is 11.5 Å². The molecule has 3 saturated carbocycles. The molecule has 3 fully saturated rings. The van der Waals surface area contributed by atoms with Crippen LogP contribution in [-0.4, -0.2) is 75.4 Å². The summed E-state index contributed by atoms with van der Waals surface area (Å²) in [5.74, 6) is 0.00858. The highest BCUT2D eigenvalue weighted by atomic mass is 32.2. The minimum Gasteiger partial charge on any atom is -0.508 e. The van der Waals surface area contributed by atoms with Gasteiger partial charge >= 0.3 is 22.4 Å². The smallest absolute Gasteiger partial charge is 0.453 e. The number of alkyl halides is 5. The Bertz CT molecular complexity index is 2400. The largest absolute Gasteiger partial charge is 0.508 e. The summed E-state index contributed by atoms with van der Waals surface area (Å²) < 4.78 is 102. The molecule has 0 saturated heterocycles. The number of hydrogen-bond acceptors (Lipinski definition) is 7. The topological polar surface area (TPSA) is 147 Å². The molecule has 6 aliphatic rings. The van der Waals surface area contributed by atoms with Crippen molar-refractivity contribution >= 4 is 27.0 Å². The number of phenols is 1. The van der Waals surface area contributed by atoms with Crippen LogP contribution in [0, 0.1) is 40.4 Å². The highest BCUT2D eigenvalue weighted by Crippen LogP contribution is 2.64. The molecule has 16 heteroatoms. The van der Waals surface area contributed by atoms with Crippen molar-refractivity contribution in [1.82, 2.24) is 4.90 Å². The van der Waals surface area contributed by atoms with Gasteiger partial charge in [-0.3, -0.25) is 9.00 Å². The first-order chi connectivity index (χ1) is 34.3. The number of rotatable bonds is 19. The number of carbonyl (C=O) groups excluding carboxylic acids is 1. The van der Waals surface area contributed by atoms with E-state index >= 15 is 0 Å². The Hall–Kier alpha value is -3.08. The second-order valence-electron chi connectivity index (χ2n) is 23.8. The number of hydrogen-bond donors (Lipinski definition) is 3. The lowest BCUT2D eigenvalue weighted by Crippen LogP contribution is -2.48. The molecule has 6 aliphatic carbocycles. The molecule has 9 nitrogen and oxygen atoms in total. The molecule has 0 heterocycles. The molecule has 0 bridgehead atoms. The number of unbranched alkanes of at least 4 members (excludes halogenated alkanes) is 6. The van der Waals surface area contributed by atoms with Gasteiger partial charge in [-0.25, -0.2) is 0 Å². The fraction of sp³-hybridized carbons (Fsp3) is 0.737. The number of aliphatic hydroxyl groups excluding tert-OH is 1. The first-order valence-corrected chi connectivity index (χ1v) is 30.4. The van der Waals surface area contributed by atoms with Crippen LogP contribution in [0.2, 0.25) is 0 Å². The number of aliphatic hydroxyl groups is 1. The SMILES string of the molecule is CC(C)N(C(=O)C1=CC[C@H]2[C@@H]3CCc4cc(OS(N)(=O)=O)ccc4[C@H]3CC[C@]12C)C(C)C.C[C@]12CC[C@@H]3c4ccc(O)cc4C[C@@H](CCCCCCCCCS(=O)CCCC(F)(F)C(F)(F)F)[C@H]3[C@@H]1CC[C@@H]2O. The molecule has 1 unspecified atom stereocenters. The number of allylic oxidation sites excluding steroid dienone is 1. The fourth-order valence-electron chi connectivity index (χ4n) is 15.1. The predicted molar refractivity (Wildman–Crippen MR) is 278 cm³/mol. The molecule has 11 atom stereocenters. The third-order valence-electron chi connectivity index (χ3n) is 18.6. The van der Waals surface area contributed by atoms with Crippen molar-refractivity contribution in [2.75, 3.05) is 11.5 Å². The Morgan fingerprint density at radius 1 is 0.822 bits per heavy atom. The first kappa shape index (κ1) is 57.6. The number of aryl methyl sites for hydroxylation is 1. The molecule has 2 aromatic carbocycles. The zero-order chi connectivity index (χ0) is 53.3. The van der Waals surface area contributed by atoms with E-state index in [1.54, 1.807) is 6.07 Å². The van der Waals surface area contributed by atoms with Gasteiger partial charge in [-0.1, -0.05) is 70.6 Å². The van der Waals surface area contributed by atoms with Gasteiger partial charge in [-0.2, -0.15) is 35.5 Å². The van der Waals surface area contributed by atoms with Crippen molar-refractivity contribution in [3.63, 3.8) is 0 Å². The van der Waals surface area contributed by atoms with Crippen LogP contribution in [-0.2, 0) is 38.7 Å². The van der Waals surface area contributed by atoms with Crippen LogP contribution >= 0.6 is 0 Å². The minimum absolute atomic E-state index is 0.0195. The standard InChI is InChI=1S/C32H47F5O3S.C25H36N2O4S/c1-30-17-15-26-25-12-11-24(38)21-23(25)20-22(29(26)27(30)13-14-28(30)39)10-7-5-3-2-4-6-8-18-41(40)19-9-16-31(33,34)32(35,36)37;1-15(2)27(16(3)4)24(28)23-11-10-22-21-8-6-17-14-18(31-32(26,29)30)7-9-19(17)20(21)12-13-25(22,23)5/h11-12,21-22,26-29,38-39H,2-10,13-20H2,1H3;7,9,11,14-16,20-22H,6,8,10,12-13H2,1-5H3,(H2,26,29,30)/t22-,26-,27+,28+,29-,30+,41?;20-,21-,22+,25+/m11/s1. The molecule has 73 heavy (non-hydrogen) atoms. The third kappa shape index (κ3) is 12.9. The quantitative estimate of drug-likeness (QED) is 0.0937. The number of nitrogens with zero attached hydrogens (tertiary/aromatic N) is 1. The van der Waals surface area contributed by atoms with Gasteiger partial charge in [-0.15, -0.1) is 0 Å². The highest BCUT2D eigenvalue weighted by Gasteiger charge is 2.58. The molecular weight excluding hydrogens is 984 g/mol. The van der Waals surface area contributed by atoms with E-state index in [1.807, 2.05) is 29.2 Å². The number of nitrogens with two attached hydrogens (primary N) is 1. The normalized spacial score (nSPS) is 29.9. The van der Waals surface area contributed by atoms with E-state index in [0.29, 0.717) is 59.3 Å². The van der Waals surface area contributed by atoms with Crippen LogP contribution in [0.3, 0.4) is 0 Å². The van der Waals surface area contributed by atoms with E-state index in [1.165, 1.54) is 16.7 Å². The number of benzene rings is 2. The molecule has 1 amide bonds. The van der Waals surface area contributed by atoms with E-state index in [2.05, 4.69) is 53.7 Å². The molecule has 0 aromatic heterocycles. The highest BCUT2D eigenvalue weighted by molar-refractivity contribution is 7.85. The van der Waals surface area contributed by atoms with Gasteiger partial charge in [0, 0.05) is 51.8 Å². The molecular formula is C57H83F5N2O7S2. The van der Waals surface area contributed by atoms with Gasteiger partial charge in [0.25, 0.3) is 0 Å². The number of aromatic hydroxyl groups is 1. The van der Waals surface area contributed by atoms with E-state index < -0.39 is 46.0 Å². The van der Waals surface area contributed by atoms with Crippen molar-refractivity contribution in [3.05, 3.63) is 70.3 Å². The first-order valence-electron chi connectivity index (χ1n) is 27.4.